The average molecular weight is 232 g/mol. The second-order valence-corrected chi connectivity index (χ2v) is 4.65. The van der Waals surface area contributed by atoms with Crippen LogP contribution < -0.4 is 15.4 Å². The van der Waals surface area contributed by atoms with Crippen LogP contribution in [0.4, 0.5) is 5.69 Å². The van der Waals surface area contributed by atoms with Gasteiger partial charge in [0.15, 0.2) is 6.10 Å². The maximum Gasteiger partial charge on any atom is 0.265 e. The van der Waals surface area contributed by atoms with Gasteiger partial charge in [-0.3, -0.25) is 4.79 Å². The normalized spacial score (nSPS) is 27.2. The number of fused-ring (bicyclic) bond motifs is 1. The molecule has 90 valence electrons. The Bertz CT molecular complexity index is 453. The third-order valence-electron chi connectivity index (χ3n) is 3.40. The van der Waals surface area contributed by atoms with E-state index in [9.17, 15) is 4.79 Å². The Labute approximate surface area is 100 Å². The van der Waals surface area contributed by atoms with Gasteiger partial charge in [-0.15, -0.1) is 0 Å². The quantitative estimate of drug-likeness (QED) is 0.776. The van der Waals surface area contributed by atoms with E-state index in [2.05, 4.69) is 16.7 Å². The molecule has 2 unspecified atom stereocenters. The molecular weight excluding hydrogens is 216 g/mol. The number of hydrogen-bond donors (Lipinski definition) is 2. The molecule has 2 N–H and O–H groups in total. The zero-order valence-corrected chi connectivity index (χ0v) is 9.82. The molecule has 4 nitrogen and oxygen atoms in total. The van der Waals surface area contributed by atoms with Gasteiger partial charge in [-0.05, 0) is 44.0 Å². The topological polar surface area (TPSA) is 50.4 Å². The zero-order valence-electron chi connectivity index (χ0n) is 9.82. The van der Waals surface area contributed by atoms with E-state index in [1.54, 1.807) is 6.92 Å². The van der Waals surface area contributed by atoms with Crippen molar-refractivity contribution in [1.29, 1.82) is 0 Å². The van der Waals surface area contributed by atoms with Crippen LogP contribution in [0.15, 0.2) is 18.2 Å². The number of anilines is 1. The Kier molecular flexibility index (Phi) is 2.52. The van der Waals surface area contributed by atoms with Crippen molar-refractivity contribution in [3.63, 3.8) is 0 Å². The fraction of sp³-hybridized carbons (Fsp3) is 0.462. The van der Waals surface area contributed by atoms with Gasteiger partial charge in [0.05, 0.1) is 5.69 Å². The van der Waals surface area contributed by atoms with Crippen LogP contribution in [-0.4, -0.2) is 18.6 Å². The monoisotopic (exact) mass is 232 g/mol. The van der Waals surface area contributed by atoms with Crippen molar-refractivity contribution in [3.8, 4) is 5.75 Å². The highest BCUT2D eigenvalue weighted by Gasteiger charge is 2.25. The third kappa shape index (κ3) is 1.89. The number of carbonyl (C=O) groups is 1. The molecule has 0 bridgehead atoms. The molecule has 1 saturated heterocycles. The van der Waals surface area contributed by atoms with Crippen LogP contribution in [0.2, 0.25) is 0 Å². The second-order valence-electron chi connectivity index (χ2n) is 4.65. The van der Waals surface area contributed by atoms with Crippen molar-refractivity contribution in [2.75, 3.05) is 11.9 Å². The Balaban J connectivity index is 1.90. The van der Waals surface area contributed by atoms with Gasteiger partial charge in [0, 0.05) is 6.04 Å². The molecule has 0 radical (unpaired) electrons. The number of hydrogen-bond acceptors (Lipinski definition) is 3. The standard InChI is InChI=1S/C13H16N2O2/c1-8-13(16)15-11-5-4-9(7-12(11)17-8)10-3-2-6-14-10/h4-5,7-8,10,14H,2-3,6H2,1H3,(H,15,16). The lowest BCUT2D eigenvalue weighted by molar-refractivity contribution is -0.122. The molecule has 0 spiro atoms. The zero-order chi connectivity index (χ0) is 11.8. The minimum Gasteiger partial charge on any atom is -0.479 e. The molecule has 1 fully saturated rings. The first kappa shape index (κ1) is 10.6. The molecule has 4 heteroatoms. The van der Waals surface area contributed by atoms with E-state index in [1.807, 2.05) is 12.1 Å². The Morgan fingerprint density at radius 2 is 2.29 bits per heavy atom. The van der Waals surface area contributed by atoms with Gasteiger partial charge in [-0.1, -0.05) is 6.07 Å². The number of carbonyl (C=O) groups excluding carboxylic acids is 1. The molecular formula is C13H16N2O2. The minimum absolute atomic E-state index is 0.0794. The molecule has 1 aromatic carbocycles. The van der Waals surface area contributed by atoms with Gasteiger partial charge in [0.2, 0.25) is 0 Å². The number of ether oxygens (including phenoxy) is 1. The van der Waals surface area contributed by atoms with Crippen LogP contribution in [0.1, 0.15) is 31.4 Å². The fourth-order valence-corrected chi connectivity index (χ4v) is 2.40. The first-order chi connectivity index (χ1) is 8.24. The SMILES string of the molecule is CC1Oc2cc(C3CCCN3)ccc2NC1=O. The third-order valence-corrected chi connectivity index (χ3v) is 3.40. The highest BCUT2D eigenvalue weighted by Crippen LogP contribution is 2.34. The molecule has 2 heterocycles. The first-order valence-corrected chi connectivity index (χ1v) is 6.09. The van der Waals surface area contributed by atoms with Crippen LogP contribution in [0.5, 0.6) is 5.75 Å². The van der Waals surface area contributed by atoms with Gasteiger partial charge in [0.1, 0.15) is 5.75 Å². The molecule has 0 aromatic heterocycles. The van der Waals surface area contributed by atoms with E-state index >= 15 is 0 Å². The van der Waals surface area contributed by atoms with Crippen LogP contribution in [0.3, 0.4) is 0 Å². The predicted octanol–water partition coefficient (Wildman–Crippen LogP) is 1.83. The van der Waals surface area contributed by atoms with Crippen LogP contribution >= 0.6 is 0 Å². The average Bonchev–Trinajstić information content (AvgIpc) is 2.83. The van der Waals surface area contributed by atoms with E-state index in [1.165, 1.54) is 18.4 Å². The minimum atomic E-state index is -0.408. The predicted molar refractivity (Wildman–Crippen MR) is 65.1 cm³/mol. The van der Waals surface area contributed by atoms with Crippen molar-refractivity contribution >= 4 is 11.6 Å². The van der Waals surface area contributed by atoms with Crippen molar-refractivity contribution in [2.24, 2.45) is 0 Å². The summed E-state index contributed by atoms with van der Waals surface area (Å²) < 4.78 is 5.60. The number of rotatable bonds is 1. The summed E-state index contributed by atoms with van der Waals surface area (Å²) in [4.78, 5) is 11.4. The van der Waals surface area contributed by atoms with Crippen molar-refractivity contribution in [1.82, 2.24) is 5.32 Å². The molecule has 1 amide bonds. The summed E-state index contributed by atoms with van der Waals surface area (Å²) in [5.74, 6) is 0.701. The summed E-state index contributed by atoms with van der Waals surface area (Å²) in [6.07, 6.45) is 1.98. The largest absolute Gasteiger partial charge is 0.479 e. The number of amides is 1. The van der Waals surface area contributed by atoms with Crippen molar-refractivity contribution < 1.29 is 9.53 Å². The first-order valence-electron chi connectivity index (χ1n) is 6.09. The highest BCUT2D eigenvalue weighted by atomic mass is 16.5. The summed E-state index contributed by atoms with van der Waals surface area (Å²) in [6, 6.07) is 6.45. The van der Waals surface area contributed by atoms with Gasteiger partial charge in [0.25, 0.3) is 5.91 Å². The van der Waals surface area contributed by atoms with E-state index < -0.39 is 6.10 Å². The second kappa shape index (κ2) is 4.04. The summed E-state index contributed by atoms with van der Waals surface area (Å²) in [7, 11) is 0. The molecule has 2 atom stereocenters. The van der Waals surface area contributed by atoms with Crippen molar-refractivity contribution in [2.45, 2.75) is 31.9 Å². The fourth-order valence-electron chi connectivity index (χ4n) is 2.40. The van der Waals surface area contributed by atoms with Crippen LogP contribution in [0, 0.1) is 0 Å². The van der Waals surface area contributed by atoms with E-state index in [0.717, 1.165) is 18.0 Å². The molecule has 17 heavy (non-hydrogen) atoms. The molecule has 1 aromatic rings. The van der Waals surface area contributed by atoms with Gasteiger partial charge < -0.3 is 15.4 Å². The maximum absolute atomic E-state index is 11.4. The van der Waals surface area contributed by atoms with Crippen molar-refractivity contribution in [3.05, 3.63) is 23.8 Å². The Hall–Kier alpha value is -1.55. The lowest BCUT2D eigenvalue weighted by Gasteiger charge is -2.24. The molecule has 2 aliphatic heterocycles. The Morgan fingerprint density at radius 1 is 1.41 bits per heavy atom. The smallest absolute Gasteiger partial charge is 0.265 e. The lowest BCUT2D eigenvalue weighted by Crippen LogP contribution is -2.34. The summed E-state index contributed by atoms with van der Waals surface area (Å²) in [5, 5.41) is 6.30. The van der Waals surface area contributed by atoms with Gasteiger partial charge in [-0.25, -0.2) is 0 Å². The van der Waals surface area contributed by atoms with E-state index in [-0.39, 0.29) is 5.91 Å². The highest BCUT2D eigenvalue weighted by molar-refractivity contribution is 5.97. The molecule has 3 rings (SSSR count). The number of nitrogens with one attached hydrogen (secondary N) is 2. The summed E-state index contributed by atoms with van der Waals surface area (Å²) in [5.41, 5.74) is 2.01. The van der Waals surface area contributed by atoms with E-state index in [4.69, 9.17) is 4.74 Å². The molecule has 0 aliphatic carbocycles. The van der Waals surface area contributed by atoms with E-state index in [0.29, 0.717) is 6.04 Å². The summed E-state index contributed by atoms with van der Waals surface area (Å²) >= 11 is 0. The molecule has 2 aliphatic rings. The molecule has 0 saturated carbocycles. The van der Waals surface area contributed by atoms with Crippen LogP contribution in [0.25, 0.3) is 0 Å². The van der Waals surface area contributed by atoms with Gasteiger partial charge in [-0.2, -0.15) is 0 Å². The maximum atomic E-state index is 11.4. The summed E-state index contributed by atoms with van der Waals surface area (Å²) in [6.45, 7) is 2.84. The van der Waals surface area contributed by atoms with Crippen LogP contribution in [-0.2, 0) is 4.79 Å². The van der Waals surface area contributed by atoms with Gasteiger partial charge >= 0.3 is 0 Å². The number of benzene rings is 1. The lowest BCUT2D eigenvalue weighted by atomic mass is 10.0. The Morgan fingerprint density at radius 3 is 3.06 bits per heavy atom.